The van der Waals surface area contributed by atoms with E-state index in [1.165, 1.54) is 5.56 Å². The molecule has 1 heterocycles. The highest BCUT2D eigenvalue weighted by Gasteiger charge is 2.27. The lowest BCUT2D eigenvalue weighted by Crippen LogP contribution is -2.38. The normalized spacial score (nSPS) is 19.9. The molecule has 0 amide bonds. The lowest BCUT2D eigenvalue weighted by atomic mass is 10.1. The molecule has 0 aliphatic carbocycles. The number of guanidine groups is 1. The fraction of sp³-hybridized carbons (Fsp3) is 0.462. The first-order valence-electron chi connectivity index (χ1n) is 5.90. The van der Waals surface area contributed by atoms with Crippen molar-refractivity contribution in [2.75, 3.05) is 13.1 Å². The quantitative estimate of drug-likeness (QED) is 0.932. The lowest BCUT2D eigenvalue weighted by Gasteiger charge is -2.28. The SMILES string of the molecule is CC(C)CN1C(N)=NCC1c1ccc(Br)cc1. The molecule has 0 aromatic heterocycles. The van der Waals surface area contributed by atoms with Crippen LogP contribution < -0.4 is 5.73 Å². The average Bonchev–Trinajstić information content (AvgIpc) is 2.61. The van der Waals surface area contributed by atoms with Gasteiger partial charge in [0.15, 0.2) is 5.96 Å². The maximum Gasteiger partial charge on any atom is 0.191 e. The number of hydrogen-bond acceptors (Lipinski definition) is 3. The molecule has 0 fully saturated rings. The molecule has 0 spiro atoms. The third-order valence-electron chi connectivity index (χ3n) is 2.91. The number of nitrogens with two attached hydrogens (primary N) is 1. The van der Waals surface area contributed by atoms with Crippen LogP contribution in [0.3, 0.4) is 0 Å². The molecule has 1 aliphatic heterocycles. The zero-order chi connectivity index (χ0) is 12.4. The Morgan fingerprint density at radius 1 is 1.41 bits per heavy atom. The molecule has 4 heteroatoms. The van der Waals surface area contributed by atoms with E-state index in [1.807, 2.05) is 0 Å². The standard InChI is InChI=1S/C13H18BrN3/c1-9(2)8-17-12(7-16-13(17)15)10-3-5-11(14)6-4-10/h3-6,9,12H,7-8H2,1-2H3,(H2,15,16). The van der Waals surface area contributed by atoms with Crippen molar-refractivity contribution < 1.29 is 0 Å². The molecule has 2 rings (SSSR count). The second-order valence-electron chi connectivity index (χ2n) is 4.81. The van der Waals surface area contributed by atoms with E-state index in [0.29, 0.717) is 17.9 Å². The summed E-state index contributed by atoms with van der Waals surface area (Å²) in [6.07, 6.45) is 0. The first-order chi connectivity index (χ1) is 8.08. The van der Waals surface area contributed by atoms with Crippen LogP contribution in [0.2, 0.25) is 0 Å². The van der Waals surface area contributed by atoms with E-state index in [4.69, 9.17) is 5.73 Å². The van der Waals surface area contributed by atoms with Crippen LogP contribution >= 0.6 is 15.9 Å². The van der Waals surface area contributed by atoms with Gasteiger partial charge >= 0.3 is 0 Å². The minimum absolute atomic E-state index is 0.297. The maximum atomic E-state index is 5.95. The zero-order valence-electron chi connectivity index (χ0n) is 10.2. The molecule has 1 aromatic carbocycles. The summed E-state index contributed by atoms with van der Waals surface area (Å²) in [6, 6.07) is 8.70. The Morgan fingerprint density at radius 3 is 2.65 bits per heavy atom. The molecule has 0 radical (unpaired) electrons. The van der Waals surface area contributed by atoms with E-state index in [1.54, 1.807) is 0 Å². The summed E-state index contributed by atoms with van der Waals surface area (Å²) in [5.41, 5.74) is 7.23. The van der Waals surface area contributed by atoms with Crippen molar-refractivity contribution in [3.05, 3.63) is 34.3 Å². The highest BCUT2D eigenvalue weighted by atomic mass is 79.9. The smallest absolute Gasteiger partial charge is 0.191 e. The van der Waals surface area contributed by atoms with Crippen LogP contribution in [-0.4, -0.2) is 23.9 Å². The van der Waals surface area contributed by atoms with Gasteiger partial charge < -0.3 is 10.6 Å². The summed E-state index contributed by atoms with van der Waals surface area (Å²) >= 11 is 3.45. The molecule has 1 aromatic rings. The Hall–Kier alpha value is -1.03. The van der Waals surface area contributed by atoms with Gasteiger partial charge in [0.1, 0.15) is 0 Å². The summed E-state index contributed by atoms with van der Waals surface area (Å²) in [5, 5.41) is 0. The molecule has 17 heavy (non-hydrogen) atoms. The van der Waals surface area contributed by atoms with E-state index < -0.39 is 0 Å². The van der Waals surface area contributed by atoms with Crippen molar-refractivity contribution in [2.24, 2.45) is 16.6 Å². The molecule has 1 atom stereocenters. The van der Waals surface area contributed by atoms with Crippen LogP contribution in [0, 0.1) is 5.92 Å². The van der Waals surface area contributed by atoms with Crippen molar-refractivity contribution >= 4 is 21.9 Å². The van der Waals surface area contributed by atoms with Gasteiger partial charge in [0.25, 0.3) is 0 Å². The van der Waals surface area contributed by atoms with Gasteiger partial charge in [0, 0.05) is 11.0 Å². The fourth-order valence-electron chi connectivity index (χ4n) is 2.11. The summed E-state index contributed by atoms with van der Waals surface area (Å²) in [6.45, 7) is 6.12. The summed E-state index contributed by atoms with van der Waals surface area (Å²) in [7, 11) is 0. The van der Waals surface area contributed by atoms with Gasteiger partial charge in [-0.15, -0.1) is 0 Å². The van der Waals surface area contributed by atoms with Gasteiger partial charge in [-0.05, 0) is 23.6 Å². The minimum atomic E-state index is 0.297. The minimum Gasteiger partial charge on any atom is -0.370 e. The van der Waals surface area contributed by atoms with Crippen molar-refractivity contribution in [3.63, 3.8) is 0 Å². The lowest BCUT2D eigenvalue weighted by molar-refractivity contribution is 0.309. The van der Waals surface area contributed by atoms with Crippen molar-refractivity contribution in [2.45, 2.75) is 19.9 Å². The Kier molecular flexibility index (Phi) is 3.72. The van der Waals surface area contributed by atoms with Crippen LogP contribution in [0.5, 0.6) is 0 Å². The summed E-state index contributed by atoms with van der Waals surface area (Å²) in [5.74, 6) is 1.26. The van der Waals surface area contributed by atoms with Crippen LogP contribution in [0.4, 0.5) is 0 Å². The molecule has 0 saturated heterocycles. The fourth-order valence-corrected chi connectivity index (χ4v) is 2.38. The first kappa shape index (κ1) is 12.4. The number of hydrogen-bond donors (Lipinski definition) is 1. The van der Waals surface area contributed by atoms with Crippen molar-refractivity contribution in [1.29, 1.82) is 0 Å². The molecule has 92 valence electrons. The topological polar surface area (TPSA) is 41.6 Å². The Balaban J connectivity index is 2.18. The van der Waals surface area contributed by atoms with Crippen molar-refractivity contribution in [1.82, 2.24) is 4.90 Å². The molecule has 2 N–H and O–H groups in total. The molecule has 0 bridgehead atoms. The number of aliphatic imine (C=N–C) groups is 1. The number of benzene rings is 1. The van der Waals surface area contributed by atoms with Crippen molar-refractivity contribution in [3.8, 4) is 0 Å². The maximum absolute atomic E-state index is 5.95. The predicted molar refractivity (Wildman–Crippen MR) is 74.9 cm³/mol. The van der Waals surface area contributed by atoms with E-state index in [9.17, 15) is 0 Å². The van der Waals surface area contributed by atoms with Crippen LogP contribution in [-0.2, 0) is 0 Å². The highest BCUT2D eigenvalue weighted by Crippen LogP contribution is 2.27. The van der Waals surface area contributed by atoms with E-state index in [-0.39, 0.29) is 0 Å². The third kappa shape index (κ3) is 2.80. The van der Waals surface area contributed by atoms with E-state index in [0.717, 1.165) is 17.6 Å². The molecule has 1 aliphatic rings. The van der Waals surface area contributed by atoms with Crippen LogP contribution in [0.15, 0.2) is 33.7 Å². The number of rotatable bonds is 3. The first-order valence-corrected chi connectivity index (χ1v) is 6.69. The third-order valence-corrected chi connectivity index (χ3v) is 3.44. The predicted octanol–water partition coefficient (Wildman–Crippen LogP) is 2.78. The van der Waals surface area contributed by atoms with E-state index in [2.05, 4.69) is 63.9 Å². The van der Waals surface area contributed by atoms with Gasteiger partial charge in [0.2, 0.25) is 0 Å². The number of halogens is 1. The second-order valence-corrected chi connectivity index (χ2v) is 5.73. The van der Waals surface area contributed by atoms with Gasteiger partial charge in [-0.3, -0.25) is 4.99 Å². The zero-order valence-corrected chi connectivity index (χ0v) is 11.8. The molecular weight excluding hydrogens is 278 g/mol. The molecule has 0 saturated carbocycles. The molecule has 1 unspecified atom stereocenters. The van der Waals surface area contributed by atoms with E-state index >= 15 is 0 Å². The van der Waals surface area contributed by atoms with Gasteiger partial charge in [0.05, 0.1) is 12.6 Å². The largest absolute Gasteiger partial charge is 0.370 e. The Labute approximate surface area is 111 Å². The average molecular weight is 296 g/mol. The second kappa shape index (κ2) is 5.08. The van der Waals surface area contributed by atoms with Gasteiger partial charge in [-0.1, -0.05) is 41.9 Å². The van der Waals surface area contributed by atoms with Gasteiger partial charge in [-0.2, -0.15) is 0 Å². The molecule has 3 nitrogen and oxygen atoms in total. The van der Waals surface area contributed by atoms with Crippen LogP contribution in [0.1, 0.15) is 25.5 Å². The van der Waals surface area contributed by atoms with Crippen LogP contribution in [0.25, 0.3) is 0 Å². The van der Waals surface area contributed by atoms with Gasteiger partial charge in [-0.25, -0.2) is 0 Å². The Bertz CT molecular complexity index is 411. The molecular formula is C13H18BrN3. The Morgan fingerprint density at radius 2 is 2.06 bits per heavy atom. The highest BCUT2D eigenvalue weighted by molar-refractivity contribution is 9.10. The summed E-state index contributed by atoms with van der Waals surface area (Å²) < 4.78 is 1.10. The number of nitrogens with zero attached hydrogens (tertiary/aromatic N) is 2. The monoisotopic (exact) mass is 295 g/mol. The summed E-state index contributed by atoms with van der Waals surface area (Å²) in [4.78, 5) is 6.56.